The van der Waals surface area contributed by atoms with Crippen LogP contribution in [0.2, 0.25) is 0 Å². The summed E-state index contributed by atoms with van der Waals surface area (Å²) < 4.78 is 13.7. The summed E-state index contributed by atoms with van der Waals surface area (Å²) in [7, 11) is 0. The second kappa shape index (κ2) is 7.06. The maximum Gasteiger partial charge on any atom is 0.124 e. The topological polar surface area (TPSA) is 24.9 Å². The number of fused-ring (bicyclic) bond motifs is 1. The Morgan fingerprint density at radius 3 is 2.90 bits per heavy atom. The molecule has 1 aromatic carbocycles. The van der Waals surface area contributed by atoms with Gasteiger partial charge < -0.3 is 9.47 Å². The van der Waals surface area contributed by atoms with Crippen molar-refractivity contribution in [3.05, 3.63) is 29.3 Å². The highest BCUT2D eigenvalue weighted by Gasteiger charge is 2.20. The van der Waals surface area contributed by atoms with E-state index in [1.54, 1.807) is 0 Å². The molecule has 0 unspecified atom stereocenters. The Balaban J connectivity index is 1.46. The number of morpholine rings is 1. The average Bonchev–Trinajstić information content (AvgIpc) is 2.86. The van der Waals surface area contributed by atoms with Crippen LogP contribution in [0.1, 0.15) is 17.5 Å². The van der Waals surface area contributed by atoms with Crippen molar-refractivity contribution < 1.29 is 9.47 Å². The van der Waals surface area contributed by atoms with Gasteiger partial charge in [-0.1, -0.05) is 12.1 Å². The van der Waals surface area contributed by atoms with Gasteiger partial charge in [-0.05, 0) is 18.1 Å². The quantitative estimate of drug-likeness (QED) is 0.440. The minimum atomic E-state index is 0.801. The van der Waals surface area contributed by atoms with E-state index in [4.69, 9.17) is 9.47 Å². The zero-order valence-corrected chi connectivity index (χ0v) is 13.8. The van der Waals surface area contributed by atoms with Crippen LogP contribution in [0, 0.1) is 0 Å². The highest BCUT2D eigenvalue weighted by atomic mass is 127. The second-order valence-electron chi connectivity index (χ2n) is 5.33. The van der Waals surface area contributed by atoms with Crippen LogP contribution in [0.3, 0.4) is 0 Å². The lowest BCUT2D eigenvalue weighted by Crippen LogP contribution is -2.37. The van der Waals surface area contributed by atoms with Gasteiger partial charge in [-0.2, -0.15) is 0 Å². The van der Waals surface area contributed by atoms with E-state index in [1.165, 1.54) is 11.1 Å². The lowest BCUT2D eigenvalue weighted by atomic mass is 10.1. The van der Waals surface area contributed by atoms with E-state index in [2.05, 4.69) is 49.1 Å². The van der Waals surface area contributed by atoms with Gasteiger partial charge in [-0.25, -0.2) is 3.11 Å². The van der Waals surface area contributed by atoms with Crippen molar-refractivity contribution in [2.24, 2.45) is 0 Å². The monoisotopic (exact) mass is 388 g/mol. The van der Waals surface area contributed by atoms with Crippen LogP contribution in [0.5, 0.6) is 5.75 Å². The van der Waals surface area contributed by atoms with Crippen LogP contribution in [0.25, 0.3) is 0 Å². The third-order valence-electron chi connectivity index (χ3n) is 3.88. The molecule has 0 aromatic heterocycles. The van der Waals surface area contributed by atoms with Crippen LogP contribution in [0.15, 0.2) is 18.2 Å². The Kier molecular flexibility index (Phi) is 5.14. The van der Waals surface area contributed by atoms with Crippen molar-refractivity contribution in [3.8, 4) is 5.75 Å². The molecule has 2 heterocycles. The number of hydrogen-bond donors (Lipinski definition) is 0. The van der Waals surface area contributed by atoms with E-state index in [1.807, 2.05) is 0 Å². The van der Waals surface area contributed by atoms with Gasteiger partial charge in [-0.3, -0.25) is 4.90 Å². The lowest BCUT2D eigenvalue weighted by molar-refractivity contribution is 0.0358. The third kappa shape index (κ3) is 3.63. The standard InChI is InChI=1S/C15H21IN2O2/c16-18-11-13-3-1-4-15(14(13)12-18)20-8-2-5-17-6-9-19-10-7-17/h1,3-4H,2,5-12H2. The molecule has 110 valence electrons. The van der Waals surface area contributed by atoms with Gasteiger partial charge in [0.25, 0.3) is 0 Å². The fourth-order valence-electron chi connectivity index (χ4n) is 2.78. The van der Waals surface area contributed by atoms with E-state index in [9.17, 15) is 0 Å². The van der Waals surface area contributed by atoms with Crippen LogP contribution in [-0.4, -0.2) is 47.5 Å². The predicted molar refractivity (Wildman–Crippen MR) is 87.1 cm³/mol. The summed E-state index contributed by atoms with van der Waals surface area (Å²) in [6.45, 7) is 7.80. The first kappa shape index (κ1) is 14.6. The smallest absolute Gasteiger partial charge is 0.124 e. The molecule has 3 rings (SSSR count). The minimum absolute atomic E-state index is 0.801. The molecule has 1 saturated heterocycles. The fourth-order valence-corrected chi connectivity index (χ4v) is 3.49. The van der Waals surface area contributed by atoms with E-state index >= 15 is 0 Å². The third-order valence-corrected chi connectivity index (χ3v) is 4.56. The van der Waals surface area contributed by atoms with Gasteiger partial charge in [0.2, 0.25) is 0 Å². The summed E-state index contributed by atoms with van der Waals surface area (Å²) >= 11 is 2.38. The number of rotatable bonds is 5. The Bertz CT molecular complexity index is 449. The maximum atomic E-state index is 6.00. The van der Waals surface area contributed by atoms with Gasteiger partial charge in [0.05, 0.1) is 19.8 Å². The second-order valence-corrected chi connectivity index (χ2v) is 6.69. The molecule has 5 heteroatoms. The van der Waals surface area contributed by atoms with Crippen molar-refractivity contribution in [3.63, 3.8) is 0 Å². The van der Waals surface area contributed by atoms with E-state index in [-0.39, 0.29) is 0 Å². The van der Waals surface area contributed by atoms with Crippen molar-refractivity contribution in [2.75, 3.05) is 39.5 Å². The summed E-state index contributed by atoms with van der Waals surface area (Å²) in [5, 5.41) is 0. The van der Waals surface area contributed by atoms with Crippen LogP contribution in [-0.2, 0) is 17.8 Å². The van der Waals surface area contributed by atoms with E-state index in [0.29, 0.717) is 0 Å². The minimum Gasteiger partial charge on any atom is -0.493 e. The molecular formula is C15H21IN2O2. The highest BCUT2D eigenvalue weighted by Crippen LogP contribution is 2.32. The SMILES string of the molecule is IN1Cc2cccc(OCCCN3CCOCC3)c2C1. The molecule has 0 N–H and O–H groups in total. The van der Waals surface area contributed by atoms with Gasteiger partial charge >= 0.3 is 0 Å². The van der Waals surface area contributed by atoms with Crippen LogP contribution >= 0.6 is 22.9 Å². The van der Waals surface area contributed by atoms with Crippen molar-refractivity contribution in [1.29, 1.82) is 0 Å². The zero-order chi connectivity index (χ0) is 13.8. The van der Waals surface area contributed by atoms with Crippen molar-refractivity contribution in [1.82, 2.24) is 8.01 Å². The molecule has 0 amide bonds. The van der Waals surface area contributed by atoms with Crippen LogP contribution < -0.4 is 4.74 Å². The number of benzene rings is 1. The predicted octanol–water partition coefficient (Wildman–Crippen LogP) is 2.45. The molecule has 0 spiro atoms. The van der Waals surface area contributed by atoms with Gasteiger partial charge in [0.1, 0.15) is 5.75 Å². The molecule has 1 fully saturated rings. The Morgan fingerprint density at radius 1 is 1.20 bits per heavy atom. The first-order chi connectivity index (χ1) is 9.83. The summed E-state index contributed by atoms with van der Waals surface area (Å²) in [5.41, 5.74) is 2.78. The molecule has 2 aliphatic rings. The highest BCUT2D eigenvalue weighted by molar-refractivity contribution is 14.1. The summed E-state index contributed by atoms with van der Waals surface area (Å²) in [6, 6.07) is 6.41. The van der Waals surface area contributed by atoms with E-state index < -0.39 is 0 Å². The maximum absolute atomic E-state index is 6.00. The Hall–Kier alpha value is -0.370. The largest absolute Gasteiger partial charge is 0.493 e. The van der Waals surface area contributed by atoms with Crippen molar-refractivity contribution in [2.45, 2.75) is 19.5 Å². The fraction of sp³-hybridized carbons (Fsp3) is 0.600. The molecule has 4 nitrogen and oxygen atoms in total. The molecule has 0 bridgehead atoms. The van der Waals surface area contributed by atoms with E-state index in [0.717, 1.165) is 64.7 Å². The number of hydrogen-bond acceptors (Lipinski definition) is 4. The molecule has 0 saturated carbocycles. The molecule has 0 aliphatic carbocycles. The average molecular weight is 388 g/mol. The molecular weight excluding hydrogens is 367 g/mol. The lowest BCUT2D eigenvalue weighted by Gasteiger charge is -2.26. The Labute approximate surface area is 134 Å². The van der Waals surface area contributed by atoms with Crippen molar-refractivity contribution >= 4 is 22.9 Å². The summed E-state index contributed by atoms with van der Waals surface area (Å²) in [6.07, 6.45) is 1.08. The molecule has 0 atom stereocenters. The van der Waals surface area contributed by atoms with Gasteiger partial charge in [-0.15, -0.1) is 0 Å². The normalized spacial score (nSPS) is 20.1. The molecule has 20 heavy (non-hydrogen) atoms. The first-order valence-electron chi connectivity index (χ1n) is 7.27. The Morgan fingerprint density at radius 2 is 2.05 bits per heavy atom. The summed E-state index contributed by atoms with van der Waals surface area (Å²) in [5.74, 6) is 1.07. The first-order valence-corrected chi connectivity index (χ1v) is 8.24. The molecule has 2 aliphatic heterocycles. The summed E-state index contributed by atoms with van der Waals surface area (Å²) in [4.78, 5) is 2.45. The number of halogens is 1. The zero-order valence-electron chi connectivity index (χ0n) is 11.7. The number of ether oxygens (including phenoxy) is 2. The van der Waals surface area contributed by atoms with Gasteiger partial charge in [0, 0.05) is 61.2 Å². The van der Waals surface area contributed by atoms with Gasteiger partial charge in [0.15, 0.2) is 0 Å². The molecule has 1 aromatic rings. The van der Waals surface area contributed by atoms with Crippen LogP contribution in [0.4, 0.5) is 0 Å². The number of nitrogens with zero attached hydrogens (tertiary/aromatic N) is 2. The molecule has 0 radical (unpaired) electrons.